The number of rotatable bonds is 1. The lowest BCUT2D eigenvalue weighted by atomic mass is 10.4. The summed E-state index contributed by atoms with van der Waals surface area (Å²) in [7, 11) is 0. The number of imidazole rings is 1. The number of aryl methyl sites for hydroxylation is 1. The number of anilines is 1. The van der Waals surface area contributed by atoms with Crippen molar-refractivity contribution in [2.24, 2.45) is 0 Å². The van der Waals surface area contributed by atoms with E-state index in [2.05, 4.69) is 24.8 Å². The maximum Gasteiger partial charge on any atom is 0.227 e. The molecule has 1 N–H and O–H groups in total. The van der Waals surface area contributed by atoms with Gasteiger partial charge in [-0.2, -0.15) is 4.98 Å². The van der Waals surface area contributed by atoms with Gasteiger partial charge in [0.1, 0.15) is 5.52 Å². The lowest BCUT2D eigenvalue weighted by Crippen LogP contribution is -2.20. The van der Waals surface area contributed by atoms with Gasteiger partial charge in [-0.25, -0.2) is 9.97 Å². The van der Waals surface area contributed by atoms with Gasteiger partial charge in [-0.15, -0.1) is 0 Å². The van der Waals surface area contributed by atoms with Gasteiger partial charge in [0, 0.05) is 13.1 Å². The van der Waals surface area contributed by atoms with Crippen molar-refractivity contribution in [1.29, 1.82) is 0 Å². The molecule has 2 aromatic heterocycles. The van der Waals surface area contributed by atoms with Crippen LogP contribution in [0.25, 0.3) is 11.2 Å². The Morgan fingerprint density at radius 3 is 2.87 bits per heavy atom. The summed E-state index contributed by atoms with van der Waals surface area (Å²) in [5, 5.41) is 0. The van der Waals surface area contributed by atoms with Crippen LogP contribution in [-0.2, 0) is 0 Å². The quantitative estimate of drug-likeness (QED) is 0.758. The predicted molar refractivity (Wildman–Crippen MR) is 57.9 cm³/mol. The molecule has 0 atom stereocenters. The fourth-order valence-corrected chi connectivity index (χ4v) is 2.02. The Hall–Kier alpha value is -1.65. The second-order valence-corrected chi connectivity index (χ2v) is 3.90. The zero-order valence-corrected chi connectivity index (χ0v) is 8.69. The van der Waals surface area contributed by atoms with Crippen LogP contribution in [0.3, 0.4) is 0 Å². The molecule has 15 heavy (non-hydrogen) atoms. The van der Waals surface area contributed by atoms with Gasteiger partial charge in [0.25, 0.3) is 0 Å². The van der Waals surface area contributed by atoms with E-state index in [1.165, 1.54) is 12.8 Å². The van der Waals surface area contributed by atoms with Gasteiger partial charge in [0.05, 0.1) is 12.0 Å². The lowest BCUT2D eigenvalue weighted by molar-refractivity contribution is 0.897. The number of hydrogen-bond acceptors (Lipinski definition) is 4. The van der Waals surface area contributed by atoms with Crippen LogP contribution >= 0.6 is 0 Å². The van der Waals surface area contributed by atoms with E-state index in [-0.39, 0.29) is 0 Å². The van der Waals surface area contributed by atoms with Gasteiger partial charge in [0.2, 0.25) is 5.95 Å². The monoisotopic (exact) mass is 203 g/mol. The van der Waals surface area contributed by atoms with Crippen LogP contribution in [-0.4, -0.2) is 33.0 Å². The summed E-state index contributed by atoms with van der Waals surface area (Å²) in [5.41, 5.74) is 2.68. The highest BCUT2D eigenvalue weighted by atomic mass is 15.3. The van der Waals surface area contributed by atoms with Gasteiger partial charge in [-0.3, -0.25) is 0 Å². The SMILES string of the molecule is Cc1nc(N2CCCC2)nc2nc[nH]c12. The summed E-state index contributed by atoms with van der Waals surface area (Å²) in [5.74, 6) is 0.824. The first-order valence-corrected chi connectivity index (χ1v) is 5.27. The third-order valence-electron chi connectivity index (χ3n) is 2.84. The van der Waals surface area contributed by atoms with Crippen LogP contribution in [0.5, 0.6) is 0 Å². The Morgan fingerprint density at radius 2 is 2.07 bits per heavy atom. The zero-order valence-electron chi connectivity index (χ0n) is 8.69. The second-order valence-electron chi connectivity index (χ2n) is 3.90. The molecule has 5 nitrogen and oxygen atoms in total. The molecular formula is C10H13N5. The van der Waals surface area contributed by atoms with Crippen LogP contribution in [0.4, 0.5) is 5.95 Å². The highest BCUT2D eigenvalue weighted by Gasteiger charge is 2.16. The number of aromatic amines is 1. The number of hydrogen-bond donors (Lipinski definition) is 1. The Balaban J connectivity index is 2.11. The molecule has 0 amide bonds. The molecule has 0 bridgehead atoms. The molecule has 0 aliphatic carbocycles. The minimum absolute atomic E-state index is 0.768. The van der Waals surface area contributed by atoms with E-state index in [1.807, 2.05) is 6.92 Å². The van der Waals surface area contributed by atoms with E-state index in [4.69, 9.17) is 0 Å². The van der Waals surface area contributed by atoms with Crippen molar-refractivity contribution in [2.45, 2.75) is 19.8 Å². The molecular weight excluding hydrogens is 190 g/mol. The Bertz CT molecular complexity index is 484. The zero-order chi connectivity index (χ0) is 10.3. The maximum absolute atomic E-state index is 4.50. The first-order valence-electron chi connectivity index (χ1n) is 5.27. The Kier molecular flexibility index (Phi) is 1.83. The molecule has 1 fully saturated rings. The van der Waals surface area contributed by atoms with E-state index in [0.29, 0.717) is 0 Å². The number of nitrogens with zero attached hydrogens (tertiary/aromatic N) is 4. The number of H-pyrrole nitrogens is 1. The summed E-state index contributed by atoms with van der Waals surface area (Å²) in [4.78, 5) is 18.4. The van der Waals surface area contributed by atoms with Crippen LogP contribution in [0.15, 0.2) is 6.33 Å². The first-order chi connectivity index (χ1) is 7.34. The van der Waals surface area contributed by atoms with Crippen molar-refractivity contribution in [2.75, 3.05) is 18.0 Å². The van der Waals surface area contributed by atoms with E-state index < -0.39 is 0 Å². The Morgan fingerprint density at radius 1 is 1.27 bits per heavy atom. The fraction of sp³-hybridized carbons (Fsp3) is 0.500. The van der Waals surface area contributed by atoms with Gasteiger partial charge in [-0.05, 0) is 19.8 Å². The highest BCUT2D eigenvalue weighted by molar-refractivity contribution is 5.73. The smallest absolute Gasteiger partial charge is 0.227 e. The molecule has 78 valence electrons. The fourth-order valence-electron chi connectivity index (χ4n) is 2.02. The highest BCUT2D eigenvalue weighted by Crippen LogP contribution is 2.19. The first kappa shape index (κ1) is 8.64. The summed E-state index contributed by atoms with van der Waals surface area (Å²) in [6, 6.07) is 0. The molecule has 3 rings (SSSR count). The normalized spacial score (nSPS) is 16.5. The third-order valence-corrected chi connectivity index (χ3v) is 2.84. The number of aromatic nitrogens is 4. The van der Waals surface area contributed by atoms with E-state index in [9.17, 15) is 0 Å². The largest absolute Gasteiger partial charge is 0.342 e. The topological polar surface area (TPSA) is 57.7 Å². The second kappa shape index (κ2) is 3.18. The standard InChI is InChI=1S/C10H13N5/c1-7-8-9(12-6-11-8)14-10(13-7)15-4-2-3-5-15/h6H,2-5H2,1H3,(H,11,12,13,14). The summed E-state index contributed by atoms with van der Waals surface area (Å²) in [6.45, 7) is 4.12. The van der Waals surface area contributed by atoms with Crippen molar-refractivity contribution in [3.8, 4) is 0 Å². The van der Waals surface area contributed by atoms with E-state index >= 15 is 0 Å². The average molecular weight is 203 g/mol. The Labute approximate surface area is 87.6 Å². The molecule has 2 aromatic rings. The van der Waals surface area contributed by atoms with E-state index in [0.717, 1.165) is 35.9 Å². The predicted octanol–water partition coefficient (Wildman–Crippen LogP) is 1.26. The molecule has 0 saturated carbocycles. The van der Waals surface area contributed by atoms with E-state index in [1.54, 1.807) is 6.33 Å². The molecule has 0 spiro atoms. The number of nitrogens with one attached hydrogen (secondary N) is 1. The molecule has 0 unspecified atom stereocenters. The van der Waals surface area contributed by atoms with Crippen molar-refractivity contribution in [3.63, 3.8) is 0 Å². The molecule has 5 heteroatoms. The van der Waals surface area contributed by atoms with Crippen LogP contribution < -0.4 is 4.90 Å². The number of fused-ring (bicyclic) bond motifs is 1. The molecule has 3 heterocycles. The summed E-state index contributed by atoms with van der Waals surface area (Å²) < 4.78 is 0. The molecule has 1 saturated heterocycles. The summed E-state index contributed by atoms with van der Waals surface area (Å²) >= 11 is 0. The minimum Gasteiger partial charge on any atom is -0.342 e. The average Bonchev–Trinajstić information content (AvgIpc) is 2.88. The molecule has 0 radical (unpaired) electrons. The van der Waals surface area contributed by atoms with Crippen LogP contribution in [0, 0.1) is 6.92 Å². The maximum atomic E-state index is 4.50. The van der Waals surface area contributed by atoms with Gasteiger partial charge in [0.15, 0.2) is 5.65 Å². The third kappa shape index (κ3) is 1.35. The molecule has 0 aromatic carbocycles. The lowest BCUT2D eigenvalue weighted by Gasteiger charge is -2.14. The van der Waals surface area contributed by atoms with Crippen molar-refractivity contribution < 1.29 is 0 Å². The van der Waals surface area contributed by atoms with Gasteiger partial charge >= 0.3 is 0 Å². The van der Waals surface area contributed by atoms with Crippen LogP contribution in [0.1, 0.15) is 18.5 Å². The van der Waals surface area contributed by atoms with Crippen molar-refractivity contribution >= 4 is 17.1 Å². The molecule has 1 aliphatic rings. The summed E-state index contributed by atoms with van der Waals surface area (Å²) in [6.07, 6.45) is 4.14. The van der Waals surface area contributed by atoms with Gasteiger partial charge < -0.3 is 9.88 Å². The van der Waals surface area contributed by atoms with Gasteiger partial charge in [-0.1, -0.05) is 0 Å². The molecule has 1 aliphatic heterocycles. The van der Waals surface area contributed by atoms with Crippen LogP contribution in [0.2, 0.25) is 0 Å². The van der Waals surface area contributed by atoms with Crippen molar-refractivity contribution in [3.05, 3.63) is 12.0 Å². The van der Waals surface area contributed by atoms with Crippen molar-refractivity contribution in [1.82, 2.24) is 19.9 Å². The minimum atomic E-state index is 0.768.